The molecule has 1 aliphatic heterocycles. The Morgan fingerprint density at radius 2 is 1.42 bits per heavy atom. The molecule has 5 fully saturated rings. The van der Waals surface area contributed by atoms with Crippen molar-refractivity contribution in [2.24, 2.45) is 17.8 Å². The molecule has 5 nitrogen and oxygen atoms in total. The number of rotatable bonds is 3. The minimum absolute atomic E-state index is 0.161. The van der Waals surface area contributed by atoms with Gasteiger partial charge in [0.1, 0.15) is 11.4 Å². The first-order valence-electron chi connectivity index (χ1n) is 11.7. The van der Waals surface area contributed by atoms with Gasteiger partial charge in [0, 0.05) is 0 Å². The second kappa shape index (κ2) is 7.37. The summed E-state index contributed by atoms with van der Waals surface area (Å²) in [6.45, 7) is 0. The Bertz CT molecular complexity index is 1150. The van der Waals surface area contributed by atoms with Crippen molar-refractivity contribution in [2.75, 3.05) is 4.90 Å². The summed E-state index contributed by atoms with van der Waals surface area (Å²) < 4.78 is 13.2. The van der Waals surface area contributed by atoms with E-state index in [1.54, 1.807) is 0 Å². The predicted octanol–water partition coefficient (Wildman–Crippen LogP) is 4.96. The van der Waals surface area contributed by atoms with Crippen LogP contribution in [0.3, 0.4) is 0 Å². The Kier molecular flexibility index (Phi) is 4.54. The number of urea groups is 1. The number of hydrogen-bond acceptors (Lipinski definition) is 3. The molecule has 0 aromatic heterocycles. The lowest BCUT2D eigenvalue weighted by atomic mass is 9.48. The molecule has 4 aliphatic carbocycles. The Morgan fingerprint density at radius 1 is 0.848 bits per heavy atom. The summed E-state index contributed by atoms with van der Waals surface area (Å²) in [5.74, 6) is 0.639. The van der Waals surface area contributed by atoms with Crippen molar-refractivity contribution in [1.29, 1.82) is 0 Å². The van der Waals surface area contributed by atoms with E-state index in [1.807, 2.05) is 12.1 Å². The number of nitrogens with one attached hydrogen (secondary N) is 1. The van der Waals surface area contributed by atoms with Crippen LogP contribution < -0.4 is 10.2 Å². The van der Waals surface area contributed by atoms with Crippen LogP contribution in [0.2, 0.25) is 0 Å². The zero-order chi connectivity index (χ0) is 22.7. The molecule has 1 saturated heterocycles. The molecule has 168 valence electrons. The summed E-state index contributed by atoms with van der Waals surface area (Å²) in [5, 5.41) is 2.25. The molecule has 5 aliphatic rings. The van der Waals surface area contributed by atoms with Gasteiger partial charge in [-0.15, -0.1) is 0 Å². The highest BCUT2D eigenvalue weighted by molar-refractivity contribution is 6.39. The maximum atomic E-state index is 13.2. The van der Waals surface area contributed by atoms with Crippen LogP contribution in [0.15, 0.2) is 54.1 Å². The van der Waals surface area contributed by atoms with Gasteiger partial charge in [0.05, 0.1) is 5.69 Å². The first-order chi connectivity index (χ1) is 15.9. The van der Waals surface area contributed by atoms with Gasteiger partial charge in [-0.25, -0.2) is 14.1 Å². The van der Waals surface area contributed by atoms with E-state index >= 15 is 0 Å². The van der Waals surface area contributed by atoms with Crippen molar-refractivity contribution in [3.8, 4) is 0 Å². The Hall–Kier alpha value is -3.28. The van der Waals surface area contributed by atoms with Gasteiger partial charge in [0.15, 0.2) is 0 Å². The monoisotopic (exact) mass is 444 g/mol. The summed E-state index contributed by atoms with van der Waals surface area (Å²) in [7, 11) is 0. The molecule has 7 rings (SSSR count). The molecule has 2 aromatic carbocycles. The molecule has 4 bridgehead atoms. The smallest absolute Gasteiger partial charge is 0.273 e. The van der Waals surface area contributed by atoms with Gasteiger partial charge in [0.2, 0.25) is 0 Å². The molecule has 1 heterocycles. The quantitative estimate of drug-likeness (QED) is 0.538. The highest BCUT2D eigenvalue weighted by atomic mass is 19.1. The minimum atomic E-state index is -0.760. The van der Waals surface area contributed by atoms with Crippen molar-refractivity contribution < 1.29 is 18.8 Å². The predicted molar refractivity (Wildman–Crippen MR) is 122 cm³/mol. The number of anilines is 1. The normalized spacial score (nSPS) is 31.9. The second-order valence-corrected chi connectivity index (χ2v) is 10.3. The SMILES string of the molecule is O=C1NC(=O)N(c2ccc(C34CC5CC(CC(C5)C3)C4)cc2)C(=O)/C1=C/c1ccc(F)cc1. The summed E-state index contributed by atoms with van der Waals surface area (Å²) in [5.41, 5.74) is 2.30. The van der Waals surface area contributed by atoms with Crippen LogP contribution in [0.4, 0.5) is 14.9 Å². The van der Waals surface area contributed by atoms with Crippen molar-refractivity contribution in [3.05, 3.63) is 71.0 Å². The third kappa shape index (κ3) is 3.39. The van der Waals surface area contributed by atoms with Gasteiger partial charge in [-0.05, 0) is 103 Å². The van der Waals surface area contributed by atoms with Gasteiger partial charge in [-0.3, -0.25) is 14.9 Å². The van der Waals surface area contributed by atoms with Gasteiger partial charge in [-0.1, -0.05) is 24.3 Å². The number of imide groups is 2. The average Bonchev–Trinajstić information content (AvgIpc) is 2.77. The van der Waals surface area contributed by atoms with E-state index in [2.05, 4.69) is 17.4 Å². The van der Waals surface area contributed by atoms with Crippen LogP contribution in [0.25, 0.3) is 6.08 Å². The molecule has 0 spiro atoms. The topological polar surface area (TPSA) is 66.5 Å². The summed E-state index contributed by atoms with van der Waals surface area (Å²) >= 11 is 0. The zero-order valence-corrected chi connectivity index (χ0v) is 18.2. The number of barbiturate groups is 1. The molecule has 2 aromatic rings. The van der Waals surface area contributed by atoms with Crippen molar-refractivity contribution in [1.82, 2.24) is 5.32 Å². The Labute approximate surface area is 191 Å². The van der Waals surface area contributed by atoms with E-state index in [1.165, 1.54) is 74.4 Å². The van der Waals surface area contributed by atoms with Crippen LogP contribution in [-0.2, 0) is 15.0 Å². The number of nitrogens with zero attached hydrogens (tertiary/aromatic N) is 1. The molecule has 6 heteroatoms. The minimum Gasteiger partial charge on any atom is -0.273 e. The number of halogens is 1. The van der Waals surface area contributed by atoms with E-state index in [0.717, 1.165) is 22.7 Å². The van der Waals surface area contributed by atoms with Gasteiger partial charge >= 0.3 is 6.03 Å². The summed E-state index contributed by atoms with van der Waals surface area (Å²) in [4.78, 5) is 39.0. The third-order valence-electron chi connectivity index (χ3n) is 8.06. The molecular formula is C27H25FN2O3. The van der Waals surface area contributed by atoms with E-state index in [0.29, 0.717) is 11.3 Å². The van der Waals surface area contributed by atoms with Gasteiger partial charge in [-0.2, -0.15) is 0 Å². The van der Waals surface area contributed by atoms with Crippen molar-refractivity contribution >= 4 is 29.6 Å². The standard InChI is InChI=1S/C27H25FN2O3/c28-21-5-1-16(2-6-21)12-23-24(31)29-26(33)30(25(23)32)22-7-3-20(4-8-22)27-13-17-9-18(14-27)11-19(10-17)15-27/h1-8,12,17-19H,9-11,13-15H2,(H,29,31,33)/b23-12+. The first-order valence-corrected chi connectivity index (χ1v) is 11.7. The third-order valence-corrected chi connectivity index (χ3v) is 8.06. The molecule has 4 saturated carbocycles. The number of amides is 4. The Morgan fingerprint density at radius 3 is 2.00 bits per heavy atom. The summed E-state index contributed by atoms with van der Waals surface area (Å²) in [6, 6.07) is 12.4. The zero-order valence-electron chi connectivity index (χ0n) is 18.2. The van der Waals surface area contributed by atoms with E-state index in [-0.39, 0.29) is 11.0 Å². The van der Waals surface area contributed by atoms with Crippen LogP contribution in [-0.4, -0.2) is 17.8 Å². The molecule has 0 unspecified atom stereocenters. The van der Waals surface area contributed by atoms with Gasteiger partial charge < -0.3 is 0 Å². The number of hydrogen-bond donors (Lipinski definition) is 1. The van der Waals surface area contributed by atoms with E-state index < -0.39 is 23.7 Å². The molecule has 0 atom stereocenters. The number of carbonyl (C=O) groups is 3. The van der Waals surface area contributed by atoms with Crippen molar-refractivity contribution in [3.63, 3.8) is 0 Å². The van der Waals surface area contributed by atoms with Crippen LogP contribution >= 0.6 is 0 Å². The largest absolute Gasteiger partial charge is 0.335 e. The molecule has 0 radical (unpaired) electrons. The van der Waals surface area contributed by atoms with Crippen molar-refractivity contribution in [2.45, 2.75) is 43.9 Å². The van der Waals surface area contributed by atoms with E-state index in [4.69, 9.17) is 0 Å². The number of benzene rings is 2. The fraction of sp³-hybridized carbons (Fsp3) is 0.370. The highest BCUT2D eigenvalue weighted by Crippen LogP contribution is 2.60. The fourth-order valence-electron chi connectivity index (χ4n) is 7.05. The Balaban J connectivity index is 1.29. The maximum absolute atomic E-state index is 13.2. The van der Waals surface area contributed by atoms with E-state index in [9.17, 15) is 18.8 Å². The van der Waals surface area contributed by atoms with Crippen LogP contribution in [0, 0.1) is 23.6 Å². The highest BCUT2D eigenvalue weighted by Gasteiger charge is 2.51. The first kappa shape index (κ1) is 20.3. The molecular weight excluding hydrogens is 419 g/mol. The lowest BCUT2D eigenvalue weighted by Gasteiger charge is -2.57. The molecule has 1 N–H and O–H groups in total. The molecule has 33 heavy (non-hydrogen) atoms. The molecule has 4 amide bonds. The lowest BCUT2D eigenvalue weighted by Crippen LogP contribution is -2.54. The van der Waals surface area contributed by atoms with Gasteiger partial charge in [0.25, 0.3) is 11.8 Å². The van der Waals surface area contributed by atoms with Crippen LogP contribution in [0.5, 0.6) is 0 Å². The second-order valence-electron chi connectivity index (χ2n) is 10.3. The lowest BCUT2D eigenvalue weighted by molar-refractivity contribution is -0.122. The summed E-state index contributed by atoms with van der Waals surface area (Å²) in [6.07, 6.45) is 9.20. The fourth-order valence-corrected chi connectivity index (χ4v) is 7.05. The average molecular weight is 445 g/mol. The maximum Gasteiger partial charge on any atom is 0.335 e. The van der Waals surface area contributed by atoms with Crippen LogP contribution in [0.1, 0.15) is 49.7 Å². The number of carbonyl (C=O) groups excluding carboxylic acids is 3.